The maximum atomic E-state index is 13.1. The van der Waals surface area contributed by atoms with Crippen LogP contribution in [-0.4, -0.2) is 0 Å². The van der Waals surface area contributed by atoms with Gasteiger partial charge in [0.25, 0.3) is 0 Å². The van der Waals surface area contributed by atoms with Crippen LogP contribution >= 0.6 is 11.3 Å². The minimum Gasteiger partial charge on any atom is -0.271 e. The minimum atomic E-state index is -0.204. The minimum absolute atomic E-state index is 0.0606. The van der Waals surface area contributed by atoms with Gasteiger partial charge in [0.15, 0.2) is 0 Å². The molecule has 0 saturated carbocycles. The predicted octanol–water partition coefficient (Wildman–Crippen LogP) is 3.33. The van der Waals surface area contributed by atoms with E-state index in [1.54, 1.807) is 17.4 Å². The van der Waals surface area contributed by atoms with Crippen LogP contribution in [0.2, 0.25) is 0 Å². The molecular formula is C14H17FN2S. The molecule has 0 aliphatic rings. The highest BCUT2D eigenvalue weighted by Crippen LogP contribution is 2.23. The van der Waals surface area contributed by atoms with E-state index >= 15 is 0 Å². The van der Waals surface area contributed by atoms with Crippen molar-refractivity contribution in [3.63, 3.8) is 0 Å². The van der Waals surface area contributed by atoms with Gasteiger partial charge in [-0.2, -0.15) is 11.3 Å². The van der Waals surface area contributed by atoms with E-state index in [9.17, 15) is 4.39 Å². The largest absolute Gasteiger partial charge is 0.271 e. The second kappa shape index (κ2) is 6.09. The summed E-state index contributed by atoms with van der Waals surface area (Å²) in [6, 6.07) is 7.02. The number of thiophene rings is 1. The monoisotopic (exact) mass is 264 g/mol. The van der Waals surface area contributed by atoms with Gasteiger partial charge in [0, 0.05) is 6.04 Å². The van der Waals surface area contributed by atoms with Crippen LogP contribution in [0.3, 0.4) is 0 Å². The maximum absolute atomic E-state index is 13.1. The Morgan fingerprint density at radius 1 is 1.39 bits per heavy atom. The van der Waals surface area contributed by atoms with Gasteiger partial charge in [-0.05, 0) is 65.4 Å². The first-order chi connectivity index (χ1) is 8.70. The van der Waals surface area contributed by atoms with Crippen LogP contribution in [0.25, 0.3) is 0 Å². The van der Waals surface area contributed by atoms with E-state index in [1.807, 2.05) is 13.0 Å². The molecule has 0 aliphatic carbocycles. The number of benzene rings is 1. The first kappa shape index (κ1) is 13.2. The molecule has 0 radical (unpaired) electrons. The van der Waals surface area contributed by atoms with E-state index < -0.39 is 0 Å². The van der Waals surface area contributed by atoms with E-state index in [0.717, 1.165) is 24.0 Å². The van der Waals surface area contributed by atoms with Crippen molar-refractivity contribution in [3.05, 3.63) is 57.5 Å². The Hall–Kier alpha value is -1.23. The molecule has 0 fully saturated rings. The third-order valence-electron chi connectivity index (χ3n) is 3.11. The zero-order chi connectivity index (χ0) is 13.0. The van der Waals surface area contributed by atoms with Gasteiger partial charge < -0.3 is 0 Å². The van der Waals surface area contributed by atoms with E-state index in [2.05, 4.69) is 22.3 Å². The highest BCUT2D eigenvalue weighted by molar-refractivity contribution is 7.07. The first-order valence-corrected chi connectivity index (χ1v) is 6.88. The lowest BCUT2D eigenvalue weighted by molar-refractivity contribution is 0.512. The molecule has 3 N–H and O–H groups in total. The quantitative estimate of drug-likeness (QED) is 0.642. The van der Waals surface area contributed by atoms with Gasteiger partial charge in [0.05, 0.1) is 0 Å². The molecule has 0 aliphatic heterocycles. The second-order valence-electron chi connectivity index (χ2n) is 4.39. The Labute approximate surface area is 111 Å². The van der Waals surface area contributed by atoms with Crippen LogP contribution in [0.4, 0.5) is 4.39 Å². The normalized spacial score (nSPS) is 12.6. The van der Waals surface area contributed by atoms with Gasteiger partial charge in [-0.3, -0.25) is 11.3 Å². The number of nitrogens with two attached hydrogens (primary N) is 1. The standard InChI is InChI=1S/C14H17FN2S/c1-10-8-12(15)3-4-13(10)14(17-16)5-2-11-6-7-18-9-11/h3-4,6-9,14,17H,2,5,16H2,1H3. The number of halogens is 1. The highest BCUT2D eigenvalue weighted by Gasteiger charge is 2.12. The first-order valence-electron chi connectivity index (χ1n) is 5.94. The smallest absolute Gasteiger partial charge is 0.123 e. The summed E-state index contributed by atoms with van der Waals surface area (Å²) in [5.41, 5.74) is 6.14. The van der Waals surface area contributed by atoms with Crippen molar-refractivity contribution < 1.29 is 4.39 Å². The van der Waals surface area contributed by atoms with Crippen LogP contribution in [0, 0.1) is 12.7 Å². The number of aryl methyl sites for hydroxylation is 2. The maximum Gasteiger partial charge on any atom is 0.123 e. The molecule has 1 heterocycles. The summed E-state index contributed by atoms with van der Waals surface area (Å²) in [6.45, 7) is 1.91. The molecule has 1 aromatic carbocycles. The van der Waals surface area contributed by atoms with Gasteiger partial charge in [-0.25, -0.2) is 4.39 Å². The third kappa shape index (κ3) is 3.16. The summed E-state index contributed by atoms with van der Waals surface area (Å²) >= 11 is 1.70. The fourth-order valence-corrected chi connectivity index (χ4v) is 2.81. The molecule has 0 saturated heterocycles. The molecule has 0 spiro atoms. The zero-order valence-electron chi connectivity index (χ0n) is 10.3. The van der Waals surface area contributed by atoms with Crippen molar-refractivity contribution in [2.75, 3.05) is 0 Å². The van der Waals surface area contributed by atoms with Crippen molar-refractivity contribution in [3.8, 4) is 0 Å². The lowest BCUT2D eigenvalue weighted by Gasteiger charge is -2.18. The number of hydrogen-bond acceptors (Lipinski definition) is 3. The molecule has 1 aromatic heterocycles. The summed E-state index contributed by atoms with van der Waals surface area (Å²) in [7, 11) is 0. The lowest BCUT2D eigenvalue weighted by Crippen LogP contribution is -2.29. The Bertz CT molecular complexity index is 497. The van der Waals surface area contributed by atoms with Gasteiger partial charge in [-0.1, -0.05) is 6.07 Å². The number of rotatable bonds is 5. The van der Waals surface area contributed by atoms with Crippen LogP contribution in [0.1, 0.15) is 29.2 Å². The summed E-state index contributed by atoms with van der Waals surface area (Å²) < 4.78 is 13.1. The van der Waals surface area contributed by atoms with Crippen LogP contribution < -0.4 is 11.3 Å². The summed E-state index contributed by atoms with van der Waals surface area (Å²) in [6.07, 6.45) is 1.87. The summed E-state index contributed by atoms with van der Waals surface area (Å²) in [5, 5.41) is 4.22. The molecule has 0 bridgehead atoms. The van der Waals surface area contributed by atoms with Crippen molar-refractivity contribution in [1.29, 1.82) is 0 Å². The SMILES string of the molecule is Cc1cc(F)ccc1C(CCc1ccsc1)NN. The van der Waals surface area contributed by atoms with Gasteiger partial charge in [-0.15, -0.1) is 0 Å². The molecule has 2 rings (SSSR count). The van der Waals surface area contributed by atoms with Crippen molar-refractivity contribution in [1.82, 2.24) is 5.43 Å². The Morgan fingerprint density at radius 3 is 2.83 bits per heavy atom. The van der Waals surface area contributed by atoms with E-state index in [1.165, 1.54) is 11.6 Å². The Morgan fingerprint density at radius 2 is 2.22 bits per heavy atom. The fraction of sp³-hybridized carbons (Fsp3) is 0.286. The average molecular weight is 264 g/mol. The molecule has 1 atom stereocenters. The summed E-state index contributed by atoms with van der Waals surface area (Å²) in [4.78, 5) is 0. The molecule has 2 nitrogen and oxygen atoms in total. The van der Waals surface area contributed by atoms with Gasteiger partial charge >= 0.3 is 0 Å². The van der Waals surface area contributed by atoms with Crippen LogP contribution in [0.5, 0.6) is 0 Å². The zero-order valence-corrected chi connectivity index (χ0v) is 11.1. The number of hydrogen-bond donors (Lipinski definition) is 2. The van der Waals surface area contributed by atoms with Crippen LogP contribution in [-0.2, 0) is 6.42 Å². The number of hydrazine groups is 1. The van der Waals surface area contributed by atoms with Crippen LogP contribution in [0.15, 0.2) is 35.0 Å². The molecular weight excluding hydrogens is 247 g/mol. The van der Waals surface area contributed by atoms with Crippen molar-refractivity contribution in [2.24, 2.45) is 5.84 Å². The molecule has 2 aromatic rings. The topological polar surface area (TPSA) is 38.0 Å². The van der Waals surface area contributed by atoms with E-state index in [4.69, 9.17) is 5.84 Å². The van der Waals surface area contributed by atoms with Crippen molar-refractivity contribution >= 4 is 11.3 Å². The third-order valence-corrected chi connectivity index (χ3v) is 3.84. The van der Waals surface area contributed by atoms with E-state index in [0.29, 0.717) is 0 Å². The molecule has 4 heteroatoms. The van der Waals surface area contributed by atoms with Gasteiger partial charge in [0.2, 0.25) is 0 Å². The Kier molecular flexibility index (Phi) is 4.47. The molecule has 0 amide bonds. The number of nitrogens with one attached hydrogen (secondary N) is 1. The summed E-state index contributed by atoms with van der Waals surface area (Å²) in [5.74, 6) is 5.41. The molecule has 18 heavy (non-hydrogen) atoms. The second-order valence-corrected chi connectivity index (χ2v) is 5.17. The van der Waals surface area contributed by atoms with E-state index in [-0.39, 0.29) is 11.9 Å². The average Bonchev–Trinajstić information content (AvgIpc) is 2.85. The van der Waals surface area contributed by atoms with Gasteiger partial charge in [0.1, 0.15) is 5.82 Å². The Balaban J connectivity index is 2.08. The molecule has 96 valence electrons. The predicted molar refractivity (Wildman–Crippen MR) is 73.8 cm³/mol. The highest BCUT2D eigenvalue weighted by atomic mass is 32.1. The van der Waals surface area contributed by atoms with Crippen molar-refractivity contribution in [2.45, 2.75) is 25.8 Å². The fourth-order valence-electron chi connectivity index (χ4n) is 2.10. The lowest BCUT2D eigenvalue weighted by atomic mass is 9.96. The molecule has 1 unspecified atom stereocenters.